The molecule has 2 rings (SSSR count). The van der Waals surface area contributed by atoms with Crippen molar-refractivity contribution in [2.24, 2.45) is 5.92 Å². The van der Waals surface area contributed by atoms with E-state index in [4.69, 9.17) is 0 Å². The van der Waals surface area contributed by atoms with Crippen LogP contribution in [0.4, 0.5) is 0 Å². The van der Waals surface area contributed by atoms with E-state index < -0.39 is 0 Å². The van der Waals surface area contributed by atoms with Crippen molar-refractivity contribution in [2.75, 3.05) is 0 Å². The molecule has 0 fully saturated rings. The summed E-state index contributed by atoms with van der Waals surface area (Å²) in [4.78, 5) is 7.40. The first-order valence-corrected chi connectivity index (χ1v) is 7.51. The highest BCUT2D eigenvalue weighted by molar-refractivity contribution is 5.25. The highest BCUT2D eigenvalue weighted by atomic mass is 15.0. The van der Waals surface area contributed by atoms with Crippen LogP contribution in [-0.2, 0) is 13.0 Å². The number of benzene rings is 1. The van der Waals surface area contributed by atoms with Crippen molar-refractivity contribution in [3.05, 3.63) is 53.6 Å². The normalized spacial score (nSPS) is 12.8. The van der Waals surface area contributed by atoms with Gasteiger partial charge in [0.25, 0.3) is 0 Å². The van der Waals surface area contributed by atoms with E-state index in [2.05, 4.69) is 60.3 Å². The average Bonchev–Trinajstić information content (AvgIpc) is 2.94. The zero-order valence-corrected chi connectivity index (χ0v) is 12.7. The van der Waals surface area contributed by atoms with Gasteiger partial charge >= 0.3 is 0 Å². The van der Waals surface area contributed by atoms with Gasteiger partial charge in [0.2, 0.25) is 0 Å². The molecule has 1 atom stereocenters. The van der Waals surface area contributed by atoms with Gasteiger partial charge in [0.1, 0.15) is 5.82 Å². The Hall–Kier alpha value is -1.61. The van der Waals surface area contributed by atoms with Crippen LogP contribution in [0.5, 0.6) is 0 Å². The van der Waals surface area contributed by atoms with E-state index in [9.17, 15) is 0 Å². The summed E-state index contributed by atoms with van der Waals surface area (Å²) in [5.74, 6) is 1.53. The molecule has 1 aromatic heterocycles. The fourth-order valence-corrected chi connectivity index (χ4v) is 2.52. The number of hydrogen-bond donors (Lipinski definition) is 2. The van der Waals surface area contributed by atoms with E-state index in [1.54, 1.807) is 6.20 Å². The number of hydrogen-bond acceptors (Lipinski definition) is 2. The topological polar surface area (TPSA) is 40.7 Å². The predicted octanol–water partition coefficient (Wildman–Crippen LogP) is 3.85. The zero-order valence-electron chi connectivity index (χ0n) is 12.7. The van der Waals surface area contributed by atoms with Gasteiger partial charge in [-0.2, -0.15) is 0 Å². The van der Waals surface area contributed by atoms with Gasteiger partial charge in [0, 0.05) is 18.4 Å². The van der Waals surface area contributed by atoms with Crippen molar-refractivity contribution in [1.82, 2.24) is 15.3 Å². The van der Waals surface area contributed by atoms with E-state index in [0.717, 1.165) is 18.8 Å². The van der Waals surface area contributed by atoms with Crippen LogP contribution >= 0.6 is 0 Å². The molecule has 0 aliphatic carbocycles. The van der Waals surface area contributed by atoms with Gasteiger partial charge in [-0.05, 0) is 23.5 Å². The fourth-order valence-electron chi connectivity index (χ4n) is 2.52. The van der Waals surface area contributed by atoms with Gasteiger partial charge in [-0.1, -0.05) is 51.5 Å². The van der Waals surface area contributed by atoms with E-state index in [0.29, 0.717) is 12.0 Å². The number of H-pyrrole nitrogens is 1. The molecule has 1 heterocycles. The van der Waals surface area contributed by atoms with Crippen LogP contribution in [0.25, 0.3) is 0 Å². The molecular formula is C17H25N3. The molecule has 0 amide bonds. The van der Waals surface area contributed by atoms with Crippen LogP contribution in [0, 0.1) is 5.92 Å². The number of nitrogens with zero attached hydrogens (tertiary/aromatic N) is 1. The monoisotopic (exact) mass is 271 g/mol. The summed E-state index contributed by atoms with van der Waals surface area (Å²) in [6.07, 6.45) is 6.01. The van der Waals surface area contributed by atoms with E-state index in [1.165, 1.54) is 17.5 Å². The van der Waals surface area contributed by atoms with Gasteiger partial charge < -0.3 is 10.3 Å². The first-order valence-electron chi connectivity index (χ1n) is 7.51. The van der Waals surface area contributed by atoms with Crippen molar-refractivity contribution in [2.45, 2.75) is 46.2 Å². The molecule has 0 saturated heterocycles. The Balaban J connectivity index is 2.03. The minimum atomic E-state index is 0.357. The van der Waals surface area contributed by atoms with Crippen molar-refractivity contribution < 1.29 is 0 Å². The minimum Gasteiger partial charge on any atom is -0.348 e. The Labute approximate surface area is 121 Å². The number of rotatable bonds is 7. The second kappa shape index (κ2) is 7.25. The van der Waals surface area contributed by atoms with Crippen molar-refractivity contribution in [3.63, 3.8) is 0 Å². The van der Waals surface area contributed by atoms with Crippen LogP contribution < -0.4 is 5.32 Å². The standard InChI is InChI=1S/C17H25N3/c1-4-5-14-6-8-15(9-7-14)17(13(2)3)20-12-16-18-10-11-19-16/h6-11,13,17,20H,4-5,12H2,1-3H3,(H,18,19). The van der Waals surface area contributed by atoms with Crippen LogP contribution in [0.1, 0.15) is 50.2 Å². The highest BCUT2D eigenvalue weighted by Gasteiger charge is 2.15. The number of aromatic amines is 1. The Bertz CT molecular complexity index is 485. The van der Waals surface area contributed by atoms with Gasteiger partial charge in [-0.3, -0.25) is 0 Å². The molecule has 0 saturated carbocycles. The maximum Gasteiger partial charge on any atom is 0.120 e. The smallest absolute Gasteiger partial charge is 0.120 e. The molecule has 0 spiro atoms. The second-order valence-electron chi connectivity index (χ2n) is 5.63. The summed E-state index contributed by atoms with van der Waals surface area (Å²) >= 11 is 0. The lowest BCUT2D eigenvalue weighted by atomic mass is 9.94. The van der Waals surface area contributed by atoms with E-state index in [1.807, 2.05) is 6.20 Å². The van der Waals surface area contributed by atoms with Crippen LogP contribution in [0.3, 0.4) is 0 Å². The van der Waals surface area contributed by atoms with Crippen molar-refractivity contribution >= 4 is 0 Å². The Morgan fingerprint density at radius 2 is 1.95 bits per heavy atom. The lowest BCUT2D eigenvalue weighted by Crippen LogP contribution is -2.25. The Morgan fingerprint density at radius 3 is 2.50 bits per heavy atom. The largest absolute Gasteiger partial charge is 0.348 e. The molecule has 3 nitrogen and oxygen atoms in total. The second-order valence-corrected chi connectivity index (χ2v) is 5.63. The lowest BCUT2D eigenvalue weighted by molar-refractivity contribution is 0.406. The summed E-state index contributed by atoms with van der Waals surface area (Å²) in [7, 11) is 0. The minimum absolute atomic E-state index is 0.357. The first kappa shape index (κ1) is 14.8. The summed E-state index contributed by atoms with van der Waals surface area (Å²) in [5.41, 5.74) is 2.77. The van der Waals surface area contributed by atoms with Gasteiger partial charge in [0.15, 0.2) is 0 Å². The quantitative estimate of drug-likeness (QED) is 0.803. The van der Waals surface area contributed by atoms with Gasteiger partial charge in [-0.25, -0.2) is 4.98 Å². The van der Waals surface area contributed by atoms with Gasteiger partial charge in [0.05, 0.1) is 6.54 Å². The zero-order chi connectivity index (χ0) is 14.4. The molecule has 1 unspecified atom stereocenters. The third-order valence-corrected chi connectivity index (χ3v) is 3.59. The molecule has 108 valence electrons. The summed E-state index contributed by atoms with van der Waals surface area (Å²) < 4.78 is 0. The number of aryl methyl sites for hydroxylation is 1. The first-order chi connectivity index (χ1) is 9.70. The maximum absolute atomic E-state index is 4.26. The highest BCUT2D eigenvalue weighted by Crippen LogP contribution is 2.22. The SMILES string of the molecule is CCCc1ccc(C(NCc2ncc[nH]2)C(C)C)cc1. The lowest BCUT2D eigenvalue weighted by Gasteiger charge is -2.23. The number of nitrogens with one attached hydrogen (secondary N) is 2. The number of aromatic nitrogens is 2. The average molecular weight is 271 g/mol. The molecule has 1 aromatic carbocycles. The third kappa shape index (κ3) is 3.94. The third-order valence-electron chi connectivity index (χ3n) is 3.59. The Morgan fingerprint density at radius 1 is 1.20 bits per heavy atom. The molecule has 0 aliphatic rings. The molecule has 2 N–H and O–H groups in total. The number of imidazole rings is 1. The molecule has 0 radical (unpaired) electrons. The van der Waals surface area contributed by atoms with E-state index >= 15 is 0 Å². The Kier molecular flexibility index (Phi) is 5.36. The van der Waals surface area contributed by atoms with Crippen LogP contribution in [-0.4, -0.2) is 9.97 Å². The maximum atomic E-state index is 4.26. The van der Waals surface area contributed by atoms with Crippen LogP contribution in [0.15, 0.2) is 36.7 Å². The molecular weight excluding hydrogens is 246 g/mol. The molecule has 20 heavy (non-hydrogen) atoms. The van der Waals surface area contributed by atoms with Crippen molar-refractivity contribution in [3.8, 4) is 0 Å². The fraction of sp³-hybridized carbons (Fsp3) is 0.471. The van der Waals surface area contributed by atoms with E-state index in [-0.39, 0.29) is 0 Å². The molecule has 2 aromatic rings. The predicted molar refractivity (Wildman–Crippen MR) is 83.4 cm³/mol. The molecule has 0 aliphatic heterocycles. The summed E-state index contributed by atoms with van der Waals surface area (Å²) in [5, 5.41) is 3.60. The van der Waals surface area contributed by atoms with Gasteiger partial charge in [-0.15, -0.1) is 0 Å². The summed E-state index contributed by atoms with van der Waals surface area (Å²) in [6.45, 7) is 7.49. The van der Waals surface area contributed by atoms with Crippen LogP contribution in [0.2, 0.25) is 0 Å². The summed E-state index contributed by atoms with van der Waals surface area (Å²) in [6, 6.07) is 9.37. The molecule has 0 bridgehead atoms. The van der Waals surface area contributed by atoms with Crippen molar-refractivity contribution in [1.29, 1.82) is 0 Å². The molecule has 3 heteroatoms.